The highest BCUT2D eigenvalue weighted by molar-refractivity contribution is 5.49. The maximum atomic E-state index is 10.6. The molecule has 0 radical (unpaired) electrons. The van der Waals surface area contributed by atoms with Crippen LogP contribution in [0.2, 0.25) is 0 Å². The molecule has 0 aromatic heterocycles. The van der Waals surface area contributed by atoms with Crippen LogP contribution in [0.1, 0.15) is 64.2 Å². The molecule has 0 fully saturated rings. The quantitative estimate of drug-likeness (QED) is 0.815. The molecule has 0 saturated heterocycles. The number of benzene rings is 1. The summed E-state index contributed by atoms with van der Waals surface area (Å²) in [5.41, 5.74) is 2.06. The minimum absolute atomic E-state index is 0.209. The Hall–Kier alpha value is -1.22. The molecule has 21 heavy (non-hydrogen) atoms. The summed E-state index contributed by atoms with van der Waals surface area (Å²) in [5, 5.41) is 10.6. The number of aliphatic hydroxyl groups excluding tert-OH is 1. The monoisotopic (exact) mass is 292 g/mol. The summed E-state index contributed by atoms with van der Waals surface area (Å²) in [4.78, 5) is 0. The molecule has 2 atom stereocenters. The number of rotatable bonds is 7. The number of aliphatic hydroxyl groups is 1. The Morgan fingerprint density at radius 1 is 1.29 bits per heavy atom. The first-order chi connectivity index (χ1) is 10.1. The van der Waals surface area contributed by atoms with Crippen LogP contribution in [-0.2, 0) is 6.42 Å². The molecule has 3 nitrogen and oxygen atoms in total. The summed E-state index contributed by atoms with van der Waals surface area (Å²) in [6.07, 6.45) is 3.60. The summed E-state index contributed by atoms with van der Waals surface area (Å²) < 4.78 is 11.6. The Balaban J connectivity index is 2.26. The average molecular weight is 292 g/mol. The predicted octanol–water partition coefficient (Wildman–Crippen LogP) is 4.27. The molecule has 0 aliphatic carbocycles. The van der Waals surface area contributed by atoms with Crippen molar-refractivity contribution in [1.82, 2.24) is 0 Å². The molecular weight excluding hydrogens is 264 g/mol. The van der Waals surface area contributed by atoms with E-state index in [1.165, 1.54) is 5.56 Å². The van der Waals surface area contributed by atoms with Crippen molar-refractivity contribution in [1.29, 1.82) is 0 Å². The third-order valence-corrected chi connectivity index (χ3v) is 4.40. The van der Waals surface area contributed by atoms with Crippen molar-refractivity contribution >= 4 is 0 Å². The summed E-state index contributed by atoms with van der Waals surface area (Å²) in [6.45, 7) is 9.01. The lowest BCUT2D eigenvalue weighted by atomic mass is 9.92. The second kappa shape index (κ2) is 7.17. The van der Waals surface area contributed by atoms with Gasteiger partial charge in [0, 0.05) is 17.5 Å². The van der Waals surface area contributed by atoms with E-state index in [1.807, 2.05) is 19.1 Å². The zero-order valence-corrected chi connectivity index (χ0v) is 13.7. The third kappa shape index (κ3) is 3.70. The van der Waals surface area contributed by atoms with Gasteiger partial charge in [-0.05, 0) is 38.3 Å². The molecular formula is C18H28O3. The van der Waals surface area contributed by atoms with E-state index in [0.29, 0.717) is 12.5 Å². The van der Waals surface area contributed by atoms with Crippen LogP contribution in [0.25, 0.3) is 0 Å². The normalized spacial score (nSPS) is 18.5. The number of hydrogen-bond donors (Lipinski definition) is 1. The number of ether oxygens (including phenoxy) is 2. The van der Waals surface area contributed by atoms with Crippen molar-refractivity contribution in [2.24, 2.45) is 5.92 Å². The van der Waals surface area contributed by atoms with Crippen LogP contribution in [-0.4, -0.2) is 17.8 Å². The minimum Gasteiger partial charge on any atom is -0.493 e. The van der Waals surface area contributed by atoms with Crippen LogP contribution in [0.3, 0.4) is 0 Å². The first kappa shape index (κ1) is 16.2. The van der Waals surface area contributed by atoms with Crippen molar-refractivity contribution in [3.05, 3.63) is 23.3 Å². The molecule has 1 N–H and O–H groups in total. The average Bonchev–Trinajstić information content (AvgIpc) is 2.83. The van der Waals surface area contributed by atoms with Crippen LogP contribution >= 0.6 is 0 Å². The molecule has 0 spiro atoms. The van der Waals surface area contributed by atoms with E-state index in [1.54, 1.807) is 0 Å². The van der Waals surface area contributed by atoms with Gasteiger partial charge in [-0.2, -0.15) is 0 Å². The summed E-state index contributed by atoms with van der Waals surface area (Å²) >= 11 is 0. The Morgan fingerprint density at radius 2 is 2.00 bits per heavy atom. The van der Waals surface area contributed by atoms with Crippen LogP contribution in [0, 0.1) is 5.92 Å². The second-order valence-corrected chi connectivity index (χ2v) is 6.00. The lowest BCUT2D eigenvalue weighted by Crippen LogP contribution is -2.08. The summed E-state index contributed by atoms with van der Waals surface area (Å²) in [7, 11) is 0. The maximum absolute atomic E-state index is 10.6. The van der Waals surface area contributed by atoms with Crippen molar-refractivity contribution in [2.75, 3.05) is 6.61 Å². The van der Waals surface area contributed by atoms with Gasteiger partial charge >= 0.3 is 0 Å². The number of fused-ring (bicyclic) bond motifs is 1. The molecule has 2 unspecified atom stereocenters. The van der Waals surface area contributed by atoms with Gasteiger partial charge in [0.25, 0.3) is 0 Å². The molecule has 1 heterocycles. The standard InChI is InChI=1S/C18H28O3/c1-5-13(6-2)9-16(19)15-11-17-14(8-12(4)21-17)10-18(15)20-7-3/h10-13,16,19H,5-9H2,1-4H3. The molecule has 0 saturated carbocycles. The fraction of sp³-hybridized carbons (Fsp3) is 0.667. The fourth-order valence-electron chi connectivity index (χ4n) is 3.06. The van der Waals surface area contributed by atoms with Gasteiger partial charge < -0.3 is 14.6 Å². The predicted molar refractivity (Wildman–Crippen MR) is 85.1 cm³/mol. The van der Waals surface area contributed by atoms with Gasteiger partial charge in [-0.25, -0.2) is 0 Å². The Kier molecular flexibility index (Phi) is 5.51. The van der Waals surface area contributed by atoms with E-state index in [9.17, 15) is 5.11 Å². The van der Waals surface area contributed by atoms with Gasteiger partial charge in [-0.1, -0.05) is 26.7 Å². The SMILES string of the molecule is CCOc1cc2c(cc1C(O)CC(CC)CC)OC(C)C2. The summed E-state index contributed by atoms with van der Waals surface area (Å²) in [6, 6.07) is 4.03. The van der Waals surface area contributed by atoms with Gasteiger partial charge in [-0.15, -0.1) is 0 Å². The lowest BCUT2D eigenvalue weighted by molar-refractivity contribution is 0.136. The first-order valence-corrected chi connectivity index (χ1v) is 8.23. The van der Waals surface area contributed by atoms with Crippen molar-refractivity contribution in [3.63, 3.8) is 0 Å². The van der Waals surface area contributed by atoms with Gasteiger partial charge in [0.05, 0.1) is 12.7 Å². The molecule has 1 aromatic carbocycles. The molecule has 1 aromatic rings. The smallest absolute Gasteiger partial charge is 0.125 e. The molecule has 0 amide bonds. The molecule has 2 rings (SSSR count). The third-order valence-electron chi connectivity index (χ3n) is 4.40. The van der Waals surface area contributed by atoms with E-state index in [2.05, 4.69) is 20.8 Å². The van der Waals surface area contributed by atoms with Crippen molar-refractivity contribution in [2.45, 2.75) is 65.6 Å². The largest absolute Gasteiger partial charge is 0.493 e. The van der Waals surface area contributed by atoms with Crippen LogP contribution in [0.5, 0.6) is 11.5 Å². The minimum atomic E-state index is -0.485. The van der Waals surface area contributed by atoms with E-state index in [4.69, 9.17) is 9.47 Å². The van der Waals surface area contributed by atoms with E-state index in [0.717, 1.165) is 42.7 Å². The van der Waals surface area contributed by atoms with Crippen molar-refractivity contribution < 1.29 is 14.6 Å². The Morgan fingerprint density at radius 3 is 2.62 bits per heavy atom. The first-order valence-electron chi connectivity index (χ1n) is 8.23. The van der Waals surface area contributed by atoms with Gasteiger partial charge in [-0.3, -0.25) is 0 Å². The molecule has 118 valence electrons. The second-order valence-electron chi connectivity index (χ2n) is 6.00. The topological polar surface area (TPSA) is 38.7 Å². The fourth-order valence-corrected chi connectivity index (χ4v) is 3.06. The molecule has 0 bridgehead atoms. The molecule has 1 aliphatic heterocycles. The Labute approximate surface area is 128 Å². The molecule has 3 heteroatoms. The lowest BCUT2D eigenvalue weighted by Gasteiger charge is -2.21. The maximum Gasteiger partial charge on any atom is 0.125 e. The highest BCUT2D eigenvalue weighted by Gasteiger charge is 2.25. The van der Waals surface area contributed by atoms with Crippen LogP contribution in [0.4, 0.5) is 0 Å². The van der Waals surface area contributed by atoms with Crippen molar-refractivity contribution in [3.8, 4) is 11.5 Å². The van der Waals surface area contributed by atoms with E-state index < -0.39 is 6.10 Å². The van der Waals surface area contributed by atoms with Gasteiger partial charge in [0.2, 0.25) is 0 Å². The highest BCUT2D eigenvalue weighted by Crippen LogP contribution is 2.39. The van der Waals surface area contributed by atoms with E-state index >= 15 is 0 Å². The number of hydrogen-bond acceptors (Lipinski definition) is 3. The zero-order chi connectivity index (χ0) is 15.4. The van der Waals surface area contributed by atoms with E-state index in [-0.39, 0.29) is 6.10 Å². The van der Waals surface area contributed by atoms with Crippen LogP contribution < -0.4 is 9.47 Å². The van der Waals surface area contributed by atoms with Crippen LogP contribution in [0.15, 0.2) is 12.1 Å². The summed E-state index contributed by atoms with van der Waals surface area (Å²) in [5.74, 6) is 2.26. The highest BCUT2D eigenvalue weighted by atomic mass is 16.5. The van der Waals surface area contributed by atoms with Gasteiger partial charge in [0.15, 0.2) is 0 Å². The zero-order valence-electron chi connectivity index (χ0n) is 13.7. The van der Waals surface area contributed by atoms with Gasteiger partial charge in [0.1, 0.15) is 17.6 Å². The Bertz CT molecular complexity index is 466. The molecule has 1 aliphatic rings.